The minimum atomic E-state index is 0.481. The van der Waals surface area contributed by atoms with Crippen LogP contribution in [0.2, 0.25) is 5.15 Å². The molecule has 3 aromatic rings. The fourth-order valence-electron chi connectivity index (χ4n) is 2.11. The number of fused-ring (bicyclic) bond motifs is 1. The van der Waals surface area contributed by atoms with Crippen molar-refractivity contribution in [1.29, 1.82) is 0 Å². The second-order valence-electron chi connectivity index (χ2n) is 4.59. The summed E-state index contributed by atoms with van der Waals surface area (Å²) in [6.45, 7) is 0.679. The molecule has 0 unspecified atom stereocenters. The maximum Gasteiger partial charge on any atom is 0.135 e. The van der Waals surface area contributed by atoms with Crippen LogP contribution in [0.3, 0.4) is 0 Å². The van der Waals surface area contributed by atoms with Gasteiger partial charge in [-0.25, -0.2) is 9.97 Å². The highest BCUT2D eigenvalue weighted by molar-refractivity contribution is 6.30. The van der Waals surface area contributed by atoms with Gasteiger partial charge in [-0.1, -0.05) is 23.7 Å². The number of nitrogens with zero attached hydrogens (tertiary/aromatic N) is 2. The van der Waals surface area contributed by atoms with Crippen molar-refractivity contribution in [3.8, 4) is 5.75 Å². The highest BCUT2D eigenvalue weighted by Crippen LogP contribution is 2.23. The molecule has 1 N–H and O–H groups in total. The summed E-state index contributed by atoms with van der Waals surface area (Å²) in [6.07, 6.45) is 3.50. The third-order valence-electron chi connectivity index (χ3n) is 3.23. The van der Waals surface area contributed by atoms with E-state index in [9.17, 15) is 0 Å². The molecule has 1 aromatic carbocycles. The van der Waals surface area contributed by atoms with Crippen LogP contribution in [0.15, 0.2) is 48.8 Å². The number of pyridine rings is 2. The van der Waals surface area contributed by atoms with E-state index in [-0.39, 0.29) is 0 Å². The van der Waals surface area contributed by atoms with Gasteiger partial charge in [0.2, 0.25) is 0 Å². The Morgan fingerprint density at radius 3 is 2.71 bits per heavy atom. The number of hydrogen-bond acceptors (Lipinski definition) is 4. The van der Waals surface area contributed by atoms with E-state index in [1.807, 2.05) is 36.4 Å². The minimum absolute atomic E-state index is 0.481. The molecular formula is C16H14ClN3O. The first-order valence-electron chi connectivity index (χ1n) is 6.53. The zero-order valence-electron chi connectivity index (χ0n) is 11.5. The van der Waals surface area contributed by atoms with Gasteiger partial charge < -0.3 is 10.1 Å². The second-order valence-corrected chi connectivity index (χ2v) is 4.98. The Morgan fingerprint density at radius 2 is 1.95 bits per heavy atom. The molecule has 0 saturated carbocycles. The molecule has 0 bridgehead atoms. The third-order valence-corrected chi connectivity index (χ3v) is 3.44. The van der Waals surface area contributed by atoms with E-state index in [1.54, 1.807) is 19.5 Å². The Labute approximate surface area is 127 Å². The molecule has 0 radical (unpaired) electrons. The molecule has 3 rings (SSSR count). The molecule has 4 nitrogen and oxygen atoms in total. The van der Waals surface area contributed by atoms with Crippen molar-refractivity contribution in [2.45, 2.75) is 6.54 Å². The van der Waals surface area contributed by atoms with Gasteiger partial charge >= 0.3 is 0 Å². The Hall–Kier alpha value is -2.33. The SMILES string of the molecule is COc1ccc(CNc2nccc3cc(Cl)ncc23)cc1. The molecule has 0 aliphatic heterocycles. The third kappa shape index (κ3) is 3.06. The summed E-state index contributed by atoms with van der Waals surface area (Å²) in [5.41, 5.74) is 1.15. The largest absolute Gasteiger partial charge is 0.497 e. The van der Waals surface area contributed by atoms with Crippen molar-refractivity contribution in [2.24, 2.45) is 0 Å². The predicted octanol–water partition coefficient (Wildman–Crippen LogP) is 3.90. The number of benzene rings is 1. The van der Waals surface area contributed by atoms with E-state index in [2.05, 4.69) is 15.3 Å². The quantitative estimate of drug-likeness (QED) is 0.742. The van der Waals surface area contributed by atoms with E-state index in [0.29, 0.717) is 11.7 Å². The van der Waals surface area contributed by atoms with Crippen LogP contribution in [-0.4, -0.2) is 17.1 Å². The number of methoxy groups -OCH3 is 1. The van der Waals surface area contributed by atoms with Crippen LogP contribution in [0.5, 0.6) is 5.75 Å². The first-order chi connectivity index (χ1) is 10.3. The van der Waals surface area contributed by atoms with Crippen molar-refractivity contribution >= 4 is 28.2 Å². The van der Waals surface area contributed by atoms with Crippen LogP contribution in [0.4, 0.5) is 5.82 Å². The van der Waals surface area contributed by atoms with Crippen LogP contribution in [0, 0.1) is 0 Å². The zero-order valence-corrected chi connectivity index (χ0v) is 12.3. The molecule has 0 spiro atoms. The van der Waals surface area contributed by atoms with Crippen molar-refractivity contribution in [3.63, 3.8) is 0 Å². The smallest absolute Gasteiger partial charge is 0.135 e. The molecule has 0 aliphatic rings. The number of hydrogen-bond donors (Lipinski definition) is 1. The van der Waals surface area contributed by atoms with E-state index < -0.39 is 0 Å². The fourth-order valence-corrected chi connectivity index (χ4v) is 2.28. The van der Waals surface area contributed by atoms with Crippen LogP contribution in [0.1, 0.15) is 5.56 Å². The summed E-state index contributed by atoms with van der Waals surface area (Å²) >= 11 is 5.91. The van der Waals surface area contributed by atoms with Gasteiger partial charge in [0.05, 0.1) is 7.11 Å². The van der Waals surface area contributed by atoms with Gasteiger partial charge in [-0.15, -0.1) is 0 Å². The van der Waals surface area contributed by atoms with Crippen molar-refractivity contribution in [1.82, 2.24) is 9.97 Å². The number of rotatable bonds is 4. The summed E-state index contributed by atoms with van der Waals surface area (Å²) in [6, 6.07) is 11.7. The first kappa shape index (κ1) is 13.6. The number of anilines is 1. The molecule has 0 amide bonds. The molecule has 0 aliphatic carbocycles. The van der Waals surface area contributed by atoms with Gasteiger partial charge in [-0.05, 0) is 35.2 Å². The van der Waals surface area contributed by atoms with Crippen molar-refractivity contribution in [3.05, 3.63) is 59.5 Å². The van der Waals surface area contributed by atoms with Gasteiger partial charge in [0.25, 0.3) is 0 Å². The van der Waals surface area contributed by atoms with E-state index >= 15 is 0 Å². The molecule has 0 saturated heterocycles. The topological polar surface area (TPSA) is 47.0 Å². The second kappa shape index (κ2) is 5.97. The maximum absolute atomic E-state index is 5.91. The number of ether oxygens (including phenoxy) is 1. The van der Waals surface area contributed by atoms with Crippen molar-refractivity contribution < 1.29 is 4.74 Å². The number of nitrogens with one attached hydrogen (secondary N) is 1. The maximum atomic E-state index is 5.91. The molecule has 2 heterocycles. The average molecular weight is 300 g/mol. The standard InChI is InChI=1S/C16H14ClN3O/c1-21-13-4-2-11(3-5-13)9-20-16-14-10-19-15(17)8-12(14)6-7-18-16/h2-8,10H,9H2,1H3,(H,18,20). The van der Waals surface area contributed by atoms with Gasteiger partial charge in [0.1, 0.15) is 16.7 Å². The van der Waals surface area contributed by atoms with E-state index in [1.165, 1.54) is 0 Å². The van der Waals surface area contributed by atoms with Crippen LogP contribution in [0.25, 0.3) is 10.8 Å². The normalized spacial score (nSPS) is 10.6. The Morgan fingerprint density at radius 1 is 1.14 bits per heavy atom. The summed E-state index contributed by atoms with van der Waals surface area (Å²) < 4.78 is 5.15. The van der Waals surface area contributed by atoms with E-state index in [0.717, 1.165) is 27.9 Å². The molecule has 0 fully saturated rings. The Balaban J connectivity index is 1.81. The lowest BCUT2D eigenvalue weighted by atomic mass is 10.2. The minimum Gasteiger partial charge on any atom is -0.497 e. The summed E-state index contributed by atoms with van der Waals surface area (Å²) in [5, 5.41) is 5.78. The van der Waals surface area contributed by atoms with Gasteiger partial charge in [0.15, 0.2) is 0 Å². The molecule has 2 aromatic heterocycles. The molecule has 21 heavy (non-hydrogen) atoms. The predicted molar refractivity (Wildman–Crippen MR) is 84.9 cm³/mol. The average Bonchev–Trinajstić information content (AvgIpc) is 2.53. The van der Waals surface area contributed by atoms with Crippen molar-refractivity contribution in [2.75, 3.05) is 12.4 Å². The lowest BCUT2D eigenvalue weighted by Crippen LogP contribution is -2.02. The first-order valence-corrected chi connectivity index (χ1v) is 6.91. The Bertz CT molecular complexity index is 759. The summed E-state index contributed by atoms with van der Waals surface area (Å²) in [7, 11) is 1.66. The van der Waals surface area contributed by atoms with Gasteiger partial charge in [-0.2, -0.15) is 0 Å². The van der Waals surface area contributed by atoms with Gasteiger partial charge in [-0.3, -0.25) is 0 Å². The van der Waals surface area contributed by atoms with E-state index in [4.69, 9.17) is 16.3 Å². The molecule has 0 atom stereocenters. The molecule has 5 heteroatoms. The number of aromatic nitrogens is 2. The summed E-state index contributed by atoms with van der Waals surface area (Å²) in [4.78, 5) is 8.48. The fraction of sp³-hybridized carbons (Fsp3) is 0.125. The summed E-state index contributed by atoms with van der Waals surface area (Å²) in [5.74, 6) is 1.65. The highest BCUT2D eigenvalue weighted by atomic mass is 35.5. The van der Waals surface area contributed by atoms with Crippen LogP contribution < -0.4 is 10.1 Å². The zero-order chi connectivity index (χ0) is 14.7. The molecular weight excluding hydrogens is 286 g/mol. The lowest BCUT2D eigenvalue weighted by molar-refractivity contribution is 0.414. The van der Waals surface area contributed by atoms with Crippen LogP contribution in [-0.2, 0) is 6.54 Å². The van der Waals surface area contributed by atoms with Crippen LogP contribution >= 0.6 is 11.6 Å². The lowest BCUT2D eigenvalue weighted by Gasteiger charge is -2.09. The Kier molecular flexibility index (Phi) is 3.88. The number of halogens is 1. The monoisotopic (exact) mass is 299 g/mol. The molecule has 106 valence electrons. The highest BCUT2D eigenvalue weighted by Gasteiger charge is 2.04. The van der Waals surface area contributed by atoms with Gasteiger partial charge in [0, 0.05) is 24.3 Å².